The van der Waals surface area contributed by atoms with Gasteiger partial charge in [0.25, 0.3) is 5.56 Å². The number of hydrogen-bond acceptors (Lipinski definition) is 2. The van der Waals surface area contributed by atoms with Crippen LogP contribution in [0.25, 0.3) is 21.9 Å². The molecule has 0 bridgehead atoms. The van der Waals surface area contributed by atoms with Gasteiger partial charge in [0, 0.05) is 17.0 Å². The van der Waals surface area contributed by atoms with Gasteiger partial charge in [-0.1, -0.05) is 61.4 Å². The maximum absolute atomic E-state index is 13.1. The zero-order chi connectivity index (χ0) is 17.4. The van der Waals surface area contributed by atoms with Crippen molar-refractivity contribution >= 4 is 16.7 Å². The summed E-state index contributed by atoms with van der Waals surface area (Å²) in [7, 11) is 0. The van der Waals surface area contributed by atoms with Gasteiger partial charge in [-0.2, -0.15) is 0 Å². The number of aromatic carboxylic acids is 1. The van der Waals surface area contributed by atoms with Gasteiger partial charge in [-0.25, -0.2) is 4.79 Å². The first-order valence-corrected chi connectivity index (χ1v) is 8.64. The normalized spacial score (nSPS) is 14.9. The molecule has 4 nitrogen and oxygen atoms in total. The van der Waals surface area contributed by atoms with Gasteiger partial charge in [0.2, 0.25) is 0 Å². The molecule has 1 aromatic heterocycles. The molecule has 0 atom stereocenters. The summed E-state index contributed by atoms with van der Waals surface area (Å²) in [6.45, 7) is 0. The summed E-state index contributed by atoms with van der Waals surface area (Å²) in [5.41, 5.74) is 1.37. The lowest BCUT2D eigenvalue weighted by Crippen LogP contribution is -2.30. The van der Waals surface area contributed by atoms with Crippen LogP contribution in [-0.2, 0) is 0 Å². The summed E-state index contributed by atoms with van der Waals surface area (Å²) < 4.78 is 1.54. The average molecular weight is 333 g/mol. The second-order valence-corrected chi connectivity index (χ2v) is 6.55. The first-order valence-electron chi connectivity index (χ1n) is 8.64. The fourth-order valence-corrected chi connectivity index (χ4v) is 3.98. The number of carboxylic acid groups (broad SMARTS) is 1. The smallest absolute Gasteiger partial charge is 0.353 e. The molecular weight excluding hydrogens is 314 g/mol. The molecule has 0 amide bonds. The Kier molecular flexibility index (Phi) is 3.88. The predicted molar refractivity (Wildman–Crippen MR) is 98.1 cm³/mol. The highest BCUT2D eigenvalue weighted by molar-refractivity contribution is 6.06. The molecule has 0 radical (unpaired) electrons. The van der Waals surface area contributed by atoms with E-state index in [4.69, 9.17) is 0 Å². The summed E-state index contributed by atoms with van der Waals surface area (Å²) in [6, 6.07) is 16.8. The topological polar surface area (TPSA) is 59.3 Å². The molecule has 2 aromatic carbocycles. The SMILES string of the molecule is O=C(O)c1c(-c2ccccc2)c2ccccc2c(=O)n1C1CCCC1. The van der Waals surface area contributed by atoms with Crippen LogP contribution in [0.4, 0.5) is 0 Å². The van der Waals surface area contributed by atoms with Gasteiger partial charge in [-0.05, 0) is 29.9 Å². The maximum Gasteiger partial charge on any atom is 0.353 e. The van der Waals surface area contributed by atoms with Crippen LogP contribution in [0.15, 0.2) is 59.4 Å². The Hall–Kier alpha value is -2.88. The minimum Gasteiger partial charge on any atom is -0.477 e. The molecule has 0 unspecified atom stereocenters. The summed E-state index contributed by atoms with van der Waals surface area (Å²) in [4.78, 5) is 25.3. The number of rotatable bonds is 3. The van der Waals surface area contributed by atoms with Crippen molar-refractivity contribution < 1.29 is 9.90 Å². The number of pyridine rings is 1. The minimum atomic E-state index is -1.05. The lowest BCUT2D eigenvalue weighted by Gasteiger charge is -2.21. The summed E-state index contributed by atoms with van der Waals surface area (Å²) in [6.07, 6.45) is 3.77. The van der Waals surface area contributed by atoms with Gasteiger partial charge in [0.15, 0.2) is 0 Å². The van der Waals surface area contributed by atoms with Crippen LogP contribution in [0.1, 0.15) is 42.2 Å². The molecular formula is C21H19NO3. The lowest BCUT2D eigenvalue weighted by molar-refractivity contribution is 0.0682. The van der Waals surface area contributed by atoms with E-state index in [9.17, 15) is 14.7 Å². The number of carbonyl (C=O) groups is 1. The molecule has 1 fully saturated rings. The predicted octanol–water partition coefficient (Wildman–Crippen LogP) is 4.48. The molecule has 4 heteroatoms. The summed E-state index contributed by atoms with van der Waals surface area (Å²) >= 11 is 0. The Morgan fingerprint density at radius 3 is 2.16 bits per heavy atom. The Labute approximate surface area is 145 Å². The number of carboxylic acids is 1. The Balaban J connectivity index is 2.18. The highest BCUT2D eigenvalue weighted by Gasteiger charge is 2.28. The first-order chi connectivity index (χ1) is 12.2. The van der Waals surface area contributed by atoms with E-state index in [-0.39, 0.29) is 17.3 Å². The Morgan fingerprint density at radius 2 is 1.52 bits per heavy atom. The zero-order valence-electron chi connectivity index (χ0n) is 13.8. The van der Waals surface area contributed by atoms with Crippen molar-refractivity contribution in [1.29, 1.82) is 0 Å². The van der Waals surface area contributed by atoms with Crippen molar-refractivity contribution in [3.05, 3.63) is 70.6 Å². The van der Waals surface area contributed by atoms with E-state index >= 15 is 0 Å². The average Bonchev–Trinajstić information content (AvgIpc) is 3.16. The van der Waals surface area contributed by atoms with Crippen molar-refractivity contribution in [2.75, 3.05) is 0 Å². The molecule has 1 N–H and O–H groups in total. The molecule has 0 saturated heterocycles. The molecule has 1 saturated carbocycles. The molecule has 126 valence electrons. The van der Waals surface area contributed by atoms with Crippen LogP contribution < -0.4 is 5.56 Å². The van der Waals surface area contributed by atoms with Gasteiger partial charge in [-0.3, -0.25) is 9.36 Å². The van der Waals surface area contributed by atoms with Crippen molar-refractivity contribution in [3.63, 3.8) is 0 Å². The molecule has 0 spiro atoms. The van der Waals surface area contributed by atoms with E-state index in [1.165, 1.54) is 0 Å². The molecule has 1 heterocycles. The van der Waals surface area contributed by atoms with Crippen molar-refractivity contribution in [1.82, 2.24) is 4.57 Å². The van der Waals surface area contributed by atoms with Crippen molar-refractivity contribution in [2.45, 2.75) is 31.7 Å². The van der Waals surface area contributed by atoms with Crippen molar-refractivity contribution in [2.24, 2.45) is 0 Å². The molecule has 1 aliphatic rings. The van der Waals surface area contributed by atoms with Crippen LogP contribution in [0, 0.1) is 0 Å². The second-order valence-electron chi connectivity index (χ2n) is 6.55. The van der Waals surface area contributed by atoms with Gasteiger partial charge in [-0.15, -0.1) is 0 Å². The molecule has 25 heavy (non-hydrogen) atoms. The van der Waals surface area contributed by atoms with Gasteiger partial charge < -0.3 is 5.11 Å². The Morgan fingerprint density at radius 1 is 0.920 bits per heavy atom. The first kappa shape index (κ1) is 15.6. The number of benzene rings is 2. The lowest BCUT2D eigenvalue weighted by atomic mass is 9.96. The van der Waals surface area contributed by atoms with Crippen LogP contribution in [0.5, 0.6) is 0 Å². The monoisotopic (exact) mass is 333 g/mol. The molecule has 0 aliphatic heterocycles. The van der Waals surface area contributed by atoms with E-state index in [0.29, 0.717) is 16.3 Å². The van der Waals surface area contributed by atoms with Crippen LogP contribution in [-0.4, -0.2) is 15.6 Å². The minimum absolute atomic E-state index is 0.0364. The van der Waals surface area contributed by atoms with Crippen LogP contribution in [0.3, 0.4) is 0 Å². The largest absolute Gasteiger partial charge is 0.477 e. The fraction of sp³-hybridized carbons (Fsp3) is 0.238. The third-order valence-electron chi connectivity index (χ3n) is 5.08. The zero-order valence-corrected chi connectivity index (χ0v) is 13.8. The van der Waals surface area contributed by atoms with Gasteiger partial charge >= 0.3 is 5.97 Å². The molecule has 3 aromatic rings. The van der Waals surface area contributed by atoms with Crippen LogP contribution >= 0.6 is 0 Å². The maximum atomic E-state index is 13.1. The van der Waals surface area contributed by atoms with Gasteiger partial charge in [0.1, 0.15) is 5.69 Å². The third-order valence-corrected chi connectivity index (χ3v) is 5.08. The van der Waals surface area contributed by atoms with Gasteiger partial charge in [0.05, 0.1) is 0 Å². The highest BCUT2D eigenvalue weighted by Crippen LogP contribution is 2.35. The molecule has 1 aliphatic carbocycles. The van der Waals surface area contributed by atoms with Crippen LogP contribution in [0.2, 0.25) is 0 Å². The highest BCUT2D eigenvalue weighted by atomic mass is 16.4. The quantitative estimate of drug-likeness (QED) is 0.768. The number of hydrogen-bond donors (Lipinski definition) is 1. The third kappa shape index (κ3) is 2.54. The fourth-order valence-electron chi connectivity index (χ4n) is 3.98. The van der Waals surface area contributed by atoms with E-state index in [2.05, 4.69) is 0 Å². The van der Waals surface area contributed by atoms with E-state index in [1.54, 1.807) is 10.6 Å². The van der Waals surface area contributed by atoms with Crippen molar-refractivity contribution in [3.8, 4) is 11.1 Å². The number of aromatic nitrogens is 1. The number of nitrogens with zero attached hydrogens (tertiary/aromatic N) is 1. The molecule has 4 rings (SSSR count). The Bertz CT molecular complexity index is 999. The summed E-state index contributed by atoms with van der Waals surface area (Å²) in [5, 5.41) is 11.3. The van der Waals surface area contributed by atoms with E-state index < -0.39 is 5.97 Å². The number of fused-ring (bicyclic) bond motifs is 1. The van der Waals surface area contributed by atoms with E-state index in [0.717, 1.165) is 31.2 Å². The summed E-state index contributed by atoms with van der Waals surface area (Å²) in [5.74, 6) is -1.05. The second kappa shape index (κ2) is 6.20. The van der Waals surface area contributed by atoms with E-state index in [1.807, 2.05) is 48.5 Å². The standard InChI is InChI=1S/C21H19NO3/c23-20-17-13-7-6-12-16(17)18(14-8-2-1-3-9-14)19(21(24)25)22(20)15-10-4-5-11-15/h1-3,6-9,12-13,15H,4-5,10-11H2,(H,24,25).